The highest BCUT2D eigenvalue weighted by Gasteiger charge is 2.23. The van der Waals surface area contributed by atoms with Gasteiger partial charge in [0.15, 0.2) is 0 Å². The molecule has 1 heterocycles. The fourth-order valence-electron chi connectivity index (χ4n) is 3.33. The van der Waals surface area contributed by atoms with Gasteiger partial charge in [0.05, 0.1) is 4.90 Å². The third kappa shape index (κ3) is 4.00. The van der Waals surface area contributed by atoms with Crippen LogP contribution in [0.1, 0.15) is 16.7 Å². The number of fused-ring (bicyclic) bond motifs is 1. The molecule has 0 fully saturated rings. The number of ether oxygens (including phenoxy) is 1. The first kappa shape index (κ1) is 18.7. The topological polar surface area (TPSA) is 92.9 Å². The maximum atomic E-state index is 11.5. The molecule has 0 aromatic heterocycles. The summed E-state index contributed by atoms with van der Waals surface area (Å²) in [5, 5.41) is 15.6. The monoisotopic (exact) mass is 376 g/mol. The highest BCUT2D eigenvalue weighted by molar-refractivity contribution is 7.89. The van der Waals surface area contributed by atoms with Crippen molar-refractivity contribution in [3.63, 3.8) is 0 Å². The molecule has 2 aromatic carbocycles. The summed E-state index contributed by atoms with van der Waals surface area (Å²) < 4.78 is 28.8. The van der Waals surface area contributed by atoms with Crippen LogP contribution in [0.5, 0.6) is 5.75 Å². The Morgan fingerprint density at radius 1 is 1.23 bits per heavy atom. The fraction of sp³-hybridized carbons (Fsp3) is 0.368. The first-order valence-electron chi connectivity index (χ1n) is 8.53. The van der Waals surface area contributed by atoms with Crippen molar-refractivity contribution in [2.75, 3.05) is 24.6 Å². The molecule has 6 nitrogen and oxygen atoms in total. The van der Waals surface area contributed by atoms with Crippen LogP contribution in [0.2, 0.25) is 0 Å². The molecule has 0 radical (unpaired) electrons. The Morgan fingerprint density at radius 2 is 1.92 bits per heavy atom. The molecule has 1 atom stereocenters. The molecule has 140 valence electrons. The minimum Gasteiger partial charge on any atom is -0.490 e. The number of rotatable bonds is 6. The van der Waals surface area contributed by atoms with Gasteiger partial charge in [-0.05, 0) is 55.2 Å². The predicted octanol–water partition coefficient (Wildman–Crippen LogP) is 1.75. The Hall–Kier alpha value is -2.09. The Bertz CT molecular complexity index is 892. The first-order valence-corrected chi connectivity index (χ1v) is 10.1. The van der Waals surface area contributed by atoms with Crippen LogP contribution in [0.15, 0.2) is 41.3 Å². The van der Waals surface area contributed by atoms with Gasteiger partial charge >= 0.3 is 0 Å². The molecule has 0 unspecified atom stereocenters. The van der Waals surface area contributed by atoms with Crippen molar-refractivity contribution in [1.29, 1.82) is 0 Å². The molecule has 1 aliphatic heterocycles. The van der Waals surface area contributed by atoms with Crippen molar-refractivity contribution in [3.8, 4) is 5.75 Å². The summed E-state index contributed by atoms with van der Waals surface area (Å²) in [7, 11) is -3.70. The number of benzene rings is 2. The quantitative estimate of drug-likeness (QED) is 0.801. The number of para-hydroxylation sites is 1. The van der Waals surface area contributed by atoms with E-state index in [0.717, 1.165) is 41.1 Å². The molecular formula is C19H24N2O4S. The highest BCUT2D eigenvalue weighted by Crippen LogP contribution is 2.30. The van der Waals surface area contributed by atoms with E-state index in [1.54, 1.807) is 12.1 Å². The number of nitrogens with zero attached hydrogens (tertiary/aromatic N) is 1. The molecule has 0 amide bonds. The number of aryl methyl sites for hydroxylation is 2. The Labute approximate surface area is 154 Å². The van der Waals surface area contributed by atoms with E-state index in [-0.39, 0.29) is 11.5 Å². The van der Waals surface area contributed by atoms with Crippen LogP contribution in [0.25, 0.3) is 0 Å². The van der Waals surface area contributed by atoms with Gasteiger partial charge in [0.1, 0.15) is 18.5 Å². The fourth-order valence-corrected chi connectivity index (χ4v) is 3.89. The van der Waals surface area contributed by atoms with Gasteiger partial charge in [-0.25, -0.2) is 13.6 Å². The van der Waals surface area contributed by atoms with E-state index in [0.29, 0.717) is 6.54 Å². The lowest BCUT2D eigenvalue weighted by Gasteiger charge is -2.23. The molecule has 2 aromatic rings. The Morgan fingerprint density at radius 3 is 2.58 bits per heavy atom. The van der Waals surface area contributed by atoms with Gasteiger partial charge in [0, 0.05) is 18.8 Å². The average Bonchev–Trinajstić information content (AvgIpc) is 2.96. The number of anilines is 1. The van der Waals surface area contributed by atoms with Gasteiger partial charge in [0.2, 0.25) is 10.0 Å². The molecule has 3 rings (SSSR count). The number of hydrogen-bond acceptors (Lipinski definition) is 5. The van der Waals surface area contributed by atoms with Crippen molar-refractivity contribution >= 4 is 15.7 Å². The summed E-state index contributed by atoms with van der Waals surface area (Å²) in [5.74, 6) is 0.811. The van der Waals surface area contributed by atoms with Gasteiger partial charge in [-0.1, -0.05) is 18.2 Å². The maximum Gasteiger partial charge on any atom is 0.238 e. The van der Waals surface area contributed by atoms with Crippen LogP contribution in [0, 0.1) is 13.8 Å². The first-order chi connectivity index (χ1) is 12.3. The zero-order valence-electron chi connectivity index (χ0n) is 15.0. The van der Waals surface area contributed by atoms with Crippen LogP contribution < -0.4 is 14.8 Å². The molecule has 0 aliphatic carbocycles. The Balaban J connectivity index is 1.64. The van der Waals surface area contributed by atoms with Gasteiger partial charge < -0.3 is 14.7 Å². The molecule has 3 N–H and O–H groups in total. The summed E-state index contributed by atoms with van der Waals surface area (Å²) in [4.78, 5) is 2.16. The lowest BCUT2D eigenvalue weighted by Crippen LogP contribution is -2.34. The molecule has 7 heteroatoms. The minimum atomic E-state index is -3.70. The van der Waals surface area contributed by atoms with E-state index in [1.807, 2.05) is 36.9 Å². The SMILES string of the molecule is Cc1cccc(C)c1OC[C@H](O)CN1CCc2cc(S(N)(=O)=O)ccc21. The molecular weight excluding hydrogens is 352 g/mol. The number of sulfonamides is 1. The van der Waals surface area contributed by atoms with Crippen molar-refractivity contribution in [2.45, 2.75) is 31.3 Å². The summed E-state index contributed by atoms with van der Waals surface area (Å²) in [6.45, 7) is 5.31. The number of primary sulfonamides is 1. The smallest absolute Gasteiger partial charge is 0.238 e. The van der Waals surface area contributed by atoms with E-state index < -0.39 is 16.1 Å². The highest BCUT2D eigenvalue weighted by atomic mass is 32.2. The zero-order chi connectivity index (χ0) is 18.9. The lowest BCUT2D eigenvalue weighted by atomic mass is 10.1. The number of nitrogens with two attached hydrogens (primary N) is 1. The number of aliphatic hydroxyl groups excluding tert-OH is 1. The second-order valence-electron chi connectivity index (χ2n) is 6.72. The lowest BCUT2D eigenvalue weighted by molar-refractivity contribution is 0.112. The van der Waals surface area contributed by atoms with Gasteiger partial charge in [0.25, 0.3) is 0 Å². The summed E-state index contributed by atoms with van der Waals surface area (Å²) in [6, 6.07) is 10.8. The van der Waals surface area contributed by atoms with E-state index >= 15 is 0 Å². The third-order valence-corrected chi connectivity index (χ3v) is 5.54. The summed E-state index contributed by atoms with van der Waals surface area (Å²) in [6.07, 6.45) is 0.0706. The largest absolute Gasteiger partial charge is 0.490 e. The van der Waals surface area contributed by atoms with E-state index in [1.165, 1.54) is 6.07 Å². The molecule has 0 saturated heterocycles. The zero-order valence-corrected chi connectivity index (χ0v) is 15.8. The molecule has 0 saturated carbocycles. The van der Waals surface area contributed by atoms with Crippen LogP contribution >= 0.6 is 0 Å². The third-order valence-electron chi connectivity index (χ3n) is 4.63. The van der Waals surface area contributed by atoms with Crippen molar-refractivity contribution in [1.82, 2.24) is 0 Å². The van der Waals surface area contributed by atoms with Crippen molar-refractivity contribution in [3.05, 3.63) is 53.1 Å². The second kappa shape index (κ2) is 7.26. The van der Waals surface area contributed by atoms with Crippen LogP contribution in [-0.4, -0.2) is 39.3 Å². The van der Waals surface area contributed by atoms with Crippen molar-refractivity contribution < 1.29 is 18.3 Å². The second-order valence-corrected chi connectivity index (χ2v) is 8.28. The van der Waals surface area contributed by atoms with Crippen LogP contribution in [0.3, 0.4) is 0 Å². The Kier molecular flexibility index (Phi) is 5.22. The summed E-state index contributed by atoms with van der Waals surface area (Å²) >= 11 is 0. The van der Waals surface area contributed by atoms with Crippen LogP contribution in [0.4, 0.5) is 5.69 Å². The van der Waals surface area contributed by atoms with Crippen molar-refractivity contribution in [2.24, 2.45) is 5.14 Å². The number of aliphatic hydroxyl groups is 1. The van der Waals surface area contributed by atoms with Gasteiger partial charge in [-0.3, -0.25) is 0 Å². The van der Waals surface area contributed by atoms with Crippen LogP contribution in [-0.2, 0) is 16.4 Å². The predicted molar refractivity (Wildman–Crippen MR) is 101 cm³/mol. The summed E-state index contributed by atoms with van der Waals surface area (Å²) in [5.41, 5.74) is 3.95. The van der Waals surface area contributed by atoms with Gasteiger partial charge in [-0.15, -0.1) is 0 Å². The van der Waals surface area contributed by atoms with E-state index in [9.17, 15) is 13.5 Å². The normalized spacial score (nSPS) is 15.0. The number of β-amino-alcohol motifs (C(OH)–C–C–N with tert-alkyl or cyclic N) is 1. The molecule has 0 bridgehead atoms. The van der Waals surface area contributed by atoms with Gasteiger partial charge in [-0.2, -0.15) is 0 Å². The van der Waals surface area contributed by atoms with E-state index in [4.69, 9.17) is 9.88 Å². The standard InChI is InChI=1S/C19H24N2O4S/c1-13-4-3-5-14(2)19(13)25-12-16(22)11-21-9-8-15-10-17(26(20,23)24)6-7-18(15)21/h3-7,10,16,22H,8-9,11-12H2,1-2H3,(H2,20,23,24)/t16-/m1/s1. The maximum absolute atomic E-state index is 11.5. The molecule has 0 spiro atoms. The average molecular weight is 376 g/mol. The number of hydrogen-bond donors (Lipinski definition) is 2. The minimum absolute atomic E-state index is 0.122. The molecule has 1 aliphatic rings. The van der Waals surface area contributed by atoms with E-state index in [2.05, 4.69) is 0 Å². The molecule has 26 heavy (non-hydrogen) atoms.